The van der Waals surface area contributed by atoms with Crippen LogP contribution >= 0.6 is 0 Å². The maximum absolute atomic E-state index is 11.7. The average molecular weight is 292 g/mol. The van der Waals surface area contributed by atoms with Crippen LogP contribution in [0.4, 0.5) is 0 Å². The molecule has 0 saturated heterocycles. The fraction of sp³-hybridized carbons (Fsp3) is 0.500. The van der Waals surface area contributed by atoms with E-state index in [4.69, 9.17) is 5.11 Å². The zero-order valence-corrected chi connectivity index (χ0v) is 12.5. The molecule has 0 aliphatic rings. The zero-order valence-electron chi connectivity index (χ0n) is 12.5. The summed E-state index contributed by atoms with van der Waals surface area (Å²) in [6, 6.07) is 10.2. The van der Waals surface area contributed by atoms with Gasteiger partial charge in [0.05, 0.1) is 6.54 Å². The molecule has 0 bridgehead atoms. The van der Waals surface area contributed by atoms with Crippen molar-refractivity contribution >= 4 is 11.9 Å². The van der Waals surface area contributed by atoms with Gasteiger partial charge in [-0.1, -0.05) is 30.3 Å². The molecule has 5 heteroatoms. The third-order valence-corrected chi connectivity index (χ3v) is 3.15. The Balaban J connectivity index is 2.06. The van der Waals surface area contributed by atoms with Crippen molar-refractivity contribution in [3.63, 3.8) is 0 Å². The number of nitrogens with one attached hydrogen (secondary N) is 1. The van der Waals surface area contributed by atoms with Gasteiger partial charge in [0.15, 0.2) is 0 Å². The average Bonchev–Trinajstić information content (AvgIpc) is 2.44. The highest BCUT2D eigenvalue weighted by atomic mass is 16.4. The van der Waals surface area contributed by atoms with Gasteiger partial charge in [0.2, 0.25) is 5.91 Å². The van der Waals surface area contributed by atoms with Crippen molar-refractivity contribution in [1.82, 2.24) is 10.2 Å². The van der Waals surface area contributed by atoms with Crippen molar-refractivity contribution in [2.75, 3.05) is 26.7 Å². The lowest BCUT2D eigenvalue weighted by Gasteiger charge is -2.15. The summed E-state index contributed by atoms with van der Waals surface area (Å²) >= 11 is 0. The van der Waals surface area contributed by atoms with Gasteiger partial charge in [-0.2, -0.15) is 0 Å². The molecule has 0 atom stereocenters. The van der Waals surface area contributed by atoms with Crippen LogP contribution in [0.15, 0.2) is 30.3 Å². The van der Waals surface area contributed by atoms with E-state index in [-0.39, 0.29) is 12.3 Å². The molecule has 1 aromatic rings. The molecule has 0 saturated carbocycles. The highest BCUT2D eigenvalue weighted by Gasteiger charge is 2.06. The fourth-order valence-corrected chi connectivity index (χ4v) is 2.05. The molecular weight excluding hydrogens is 268 g/mol. The normalized spacial score (nSPS) is 10.6. The van der Waals surface area contributed by atoms with Crippen molar-refractivity contribution in [3.8, 4) is 0 Å². The summed E-state index contributed by atoms with van der Waals surface area (Å²) in [4.78, 5) is 23.9. The zero-order chi connectivity index (χ0) is 15.5. The van der Waals surface area contributed by atoms with E-state index < -0.39 is 5.97 Å². The van der Waals surface area contributed by atoms with Gasteiger partial charge in [0.25, 0.3) is 0 Å². The lowest BCUT2D eigenvalue weighted by Crippen LogP contribution is -2.36. The second-order valence-corrected chi connectivity index (χ2v) is 5.17. The molecule has 0 fully saturated rings. The molecule has 5 nitrogen and oxygen atoms in total. The van der Waals surface area contributed by atoms with Crippen LogP contribution in [0.25, 0.3) is 0 Å². The topological polar surface area (TPSA) is 69.6 Å². The molecule has 1 amide bonds. The smallest absolute Gasteiger partial charge is 0.303 e. The highest BCUT2D eigenvalue weighted by molar-refractivity contribution is 5.77. The Bertz CT molecular complexity index is 434. The molecule has 0 heterocycles. The van der Waals surface area contributed by atoms with Gasteiger partial charge < -0.3 is 10.4 Å². The monoisotopic (exact) mass is 292 g/mol. The van der Waals surface area contributed by atoms with Crippen molar-refractivity contribution in [3.05, 3.63) is 35.9 Å². The van der Waals surface area contributed by atoms with Crippen LogP contribution in [0, 0.1) is 0 Å². The van der Waals surface area contributed by atoms with Crippen molar-refractivity contribution < 1.29 is 14.7 Å². The summed E-state index contributed by atoms with van der Waals surface area (Å²) in [5.74, 6) is -0.811. The number of aliphatic carboxylic acids is 1. The Morgan fingerprint density at radius 2 is 1.90 bits per heavy atom. The predicted molar refractivity (Wildman–Crippen MR) is 82.1 cm³/mol. The third kappa shape index (κ3) is 8.81. The summed E-state index contributed by atoms with van der Waals surface area (Å²) in [7, 11) is 1.82. The molecular formula is C16H24N2O3. The van der Waals surface area contributed by atoms with Gasteiger partial charge in [-0.05, 0) is 38.4 Å². The minimum Gasteiger partial charge on any atom is -0.481 e. The summed E-state index contributed by atoms with van der Waals surface area (Å²) in [5, 5.41) is 11.4. The Hall–Kier alpha value is -1.88. The predicted octanol–water partition coefficient (Wildman–Crippen LogP) is 1.53. The summed E-state index contributed by atoms with van der Waals surface area (Å²) in [5.41, 5.74) is 1.28. The second kappa shape index (κ2) is 9.94. The highest BCUT2D eigenvalue weighted by Crippen LogP contribution is 2.01. The number of carbonyl (C=O) groups is 2. The van der Waals surface area contributed by atoms with Crippen molar-refractivity contribution in [2.45, 2.75) is 25.7 Å². The maximum Gasteiger partial charge on any atom is 0.303 e. The summed E-state index contributed by atoms with van der Waals surface area (Å²) in [6.45, 7) is 1.59. The number of aryl methyl sites for hydroxylation is 1. The number of amides is 1. The molecule has 0 unspecified atom stereocenters. The maximum atomic E-state index is 11.7. The Kier molecular flexibility index (Phi) is 8.12. The van der Waals surface area contributed by atoms with E-state index in [1.165, 1.54) is 5.56 Å². The first-order valence-corrected chi connectivity index (χ1v) is 7.29. The first-order chi connectivity index (χ1) is 10.1. The molecule has 0 aromatic heterocycles. The molecule has 1 aromatic carbocycles. The summed E-state index contributed by atoms with van der Waals surface area (Å²) < 4.78 is 0. The molecule has 116 valence electrons. The van der Waals surface area contributed by atoms with Crippen LogP contribution in [0.3, 0.4) is 0 Å². The number of likely N-dealkylation sites (N-methyl/N-ethyl adjacent to an activating group) is 1. The number of rotatable bonds is 10. The van der Waals surface area contributed by atoms with Crippen molar-refractivity contribution in [2.24, 2.45) is 0 Å². The van der Waals surface area contributed by atoms with Gasteiger partial charge in [-0.15, -0.1) is 0 Å². The first kappa shape index (κ1) is 17.2. The van der Waals surface area contributed by atoms with E-state index >= 15 is 0 Å². The standard InChI is InChI=1S/C16H24N2O3/c1-18(12-6-10-16(20)21)13-15(19)17-11-5-9-14-7-3-2-4-8-14/h2-4,7-8H,5-6,9-13H2,1H3,(H,17,19)(H,20,21). The van der Waals surface area contributed by atoms with Gasteiger partial charge in [0.1, 0.15) is 0 Å². The molecule has 21 heavy (non-hydrogen) atoms. The van der Waals surface area contributed by atoms with E-state index in [2.05, 4.69) is 17.4 Å². The number of carboxylic acids is 1. The molecule has 1 rings (SSSR count). The SMILES string of the molecule is CN(CCCC(=O)O)CC(=O)NCCCc1ccccc1. The number of benzene rings is 1. The van der Waals surface area contributed by atoms with Crippen LogP contribution in [-0.2, 0) is 16.0 Å². The third-order valence-electron chi connectivity index (χ3n) is 3.15. The Morgan fingerprint density at radius 1 is 1.19 bits per heavy atom. The number of carboxylic acid groups (broad SMARTS) is 1. The van der Waals surface area contributed by atoms with Gasteiger partial charge >= 0.3 is 5.97 Å². The Labute approximate surface area is 126 Å². The number of hydrogen-bond donors (Lipinski definition) is 2. The van der Waals surface area contributed by atoms with Crippen LogP contribution in [0.5, 0.6) is 0 Å². The van der Waals surface area contributed by atoms with E-state index in [1.807, 2.05) is 30.1 Å². The van der Waals surface area contributed by atoms with Crippen molar-refractivity contribution in [1.29, 1.82) is 0 Å². The minimum absolute atomic E-state index is 0.0131. The molecule has 0 aliphatic carbocycles. The lowest BCUT2D eigenvalue weighted by atomic mass is 10.1. The van der Waals surface area contributed by atoms with E-state index in [1.54, 1.807) is 0 Å². The van der Waals surface area contributed by atoms with Crippen LogP contribution in [0.1, 0.15) is 24.8 Å². The molecule has 2 N–H and O–H groups in total. The lowest BCUT2D eigenvalue weighted by molar-refractivity contribution is -0.137. The number of hydrogen-bond acceptors (Lipinski definition) is 3. The fourth-order valence-electron chi connectivity index (χ4n) is 2.05. The number of carbonyl (C=O) groups excluding carboxylic acids is 1. The number of nitrogens with zero attached hydrogens (tertiary/aromatic N) is 1. The largest absolute Gasteiger partial charge is 0.481 e. The van der Waals surface area contributed by atoms with Crippen LogP contribution in [0.2, 0.25) is 0 Å². The van der Waals surface area contributed by atoms with Gasteiger partial charge in [-0.3, -0.25) is 14.5 Å². The molecule has 0 aliphatic heterocycles. The second-order valence-electron chi connectivity index (χ2n) is 5.17. The Morgan fingerprint density at radius 3 is 2.57 bits per heavy atom. The van der Waals surface area contributed by atoms with Gasteiger partial charge in [-0.25, -0.2) is 0 Å². The quantitative estimate of drug-likeness (QED) is 0.642. The minimum atomic E-state index is -0.797. The first-order valence-electron chi connectivity index (χ1n) is 7.29. The van der Waals surface area contributed by atoms with Crippen LogP contribution in [-0.4, -0.2) is 48.6 Å². The summed E-state index contributed by atoms with van der Waals surface area (Å²) in [6.07, 6.45) is 2.57. The van der Waals surface area contributed by atoms with E-state index in [0.717, 1.165) is 12.8 Å². The van der Waals surface area contributed by atoms with Crippen LogP contribution < -0.4 is 5.32 Å². The molecule has 0 spiro atoms. The van der Waals surface area contributed by atoms with E-state index in [9.17, 15) is 9.59 Å². The molecule has 0 radical (unpaired) electrons. The van der Waals surface area contributed by atoms with Gasteiger partial charge in [0, 0.05) is 13.0 Å². The van der Waals surface area contributed by atoms with E-state index in [0.29, 0.717) is 26.1 Å².